The lowest BCUT2D eigenvalue weighted by molar-refractivity contribution is -0.124. The van der Waals surface area contributed by atoms with Gasteiger partial charge in [-0.15, -0.1) is 0 Å². The SMILES string of the molecule is Cc1cc(OCC(=O)NC(C)(C#N)C2CC2)ccc1Cl. The number of amides is 1. The molecule has 0 radical (unpaired) electrons. The number of nitrogens with one attached hydrogen (secondary N) is 1. The number of nitrogens with zero attached hydrogens (tertiary/aromatic N) is 1. The summed E-state index contributed by atoms with van der Waals surface area (Å²) in [5, 5.41) is 12.6. The molecule has 1 aliphatic rings. The van der Waals surface area contributed by atoms with Crippen molar-refractivity contribution in [2.45, 2.75) is 32.2 Å². The van der Waals surface area contributed by atoms with Crippen LogP contribution < -0.4 is 10.1 Å². The highest BCUT2D eigenvalue weighted by Gasteiger charge is 2.43. The van der Waals surface area contributed by atoms with Crippen LogP contribution in [0.2, 0.25) is 5.02 Å². The summed E-state index contributed by atoms with van der Waals surface area (Å²) >= 11 is 5.92. The van der Waals surface area contributed by atoms with Crippen LogP contribution in [0, 0.1) is 24.2 Å². The first-order valence-corrected chi connectivity index (χ1v) is 6.93. The third kappa shape index (κ3) is 3.43. The highest BCUT2D eigenvalue weighted by molar-refractivity contribution is 6.31. The van der Waals surface area contributed by atoms with Crippen molar-refractivity contribution in [2.75, 3.05) is 6.61 Å². The van der Waals surface area contributed by atoms with Crippen molar-refractivity contribution in [3.05, 3.63) is 28.8 Å². The highest BCUT2D eigenvalue weighted by Crippen LogP contribution is 2.39. The summed E-state index contributed by atoms with van der Waals surface area (Å²) in [7, 11) is 0. The first-order chi connectivity index (χ1) is 9.44. The second-order valence-electron chi connectivity index (χ2n) is 5.34. The molecule has 106 valence electrons. The van der Waals surface area contributed by atoms with Gasteiger partial charge in [0.1, 0.15) is 11.3 Å². The first-order valence-electron chi connectivity index (χ1n) is 6.56. The van der Waals surface area contributed by atoms with E-state index in [1.54, 1.807) is 25.1 Å². The van der Waals surface area contributed by atoms with Gasteiger partial charge in [-0.1, -0.05) is 11.6 Å². The minimum atomic E-state index is -0.781. The van der Waals surface area contributed by atoms with Crippen molar-refractivity contribution in [2.24, 2.45) is 5.92 Å². The maximum absolute atomic E-state index is 11.9. The average molecular weight is 293 g/mol. The molecule has 4 nitrogen and oxygen atoms in total. The predicted octanol–water partition coefficient (Wildman–Crippen LogP) is 2.84. The molecule has 1 atom stereocenters. The summed E-state index contributed by atoms with van der Waals surface area (Å²) in [5.41, 5.74) is 0.112. The number of halogens is 1. The Labute approximate surface area is 123 Å². The summed E-state index contributed by atoms with van der Waals surface area (Å²) in [4.78, 5) is 11.9. The molecule has 1 saturated carbocycles. The Bertz CT molecular complexity index is 563. The maximum atomic E-state index is 11.9. The van der Waals surface area contributed by atoms with Crippen LogP contribution in [0.5, 0.6) is 5.75 Å². The largest absolute Gasteiger partial charge is 0.484 e. The van der Waals surface area contributed by atoms with E-state index in [1.165, 1.54) is 0 Å². The van der Waals surface area contributed by atoms with Crippen LogP contribution in [0.3, 0.4) is 0 Å². The summed E-state index contributed by atoms with van der Waals surface area (Å²) < 4.78 is 5.41. The monoisotopic (exact) mass is 292 g/mol. The van der Waals surface area contributed by atoms with Crippen molar-refractivity contribution in [3.8, 4) is 11.8 Å². The van der Waals surface area contributed by atoms with Crippen molar-refractivity contribution in [1.82, 2.24) is 5.32 Å². The molecule has 1 aliphatic carbocycles. The maximum Gasteiger partial charge on any atom is 0.259 e. The molecule has 5 heteroatoms. The van der Waals surface area contributed by atoms with Gasteiger partial charge < -0.3 is 10.1 Å². The Morgan fingerprint density at radius 1 is 1.60 bits per heavy atom. The topological polar surface area (TPSA) is 62.1 Å². The second kappa shape index (κ2) is 5.72. The normalized spacial score (nSPS) is 16.9. The molecule has 1 N–H and O–H groups in total. The van der Waals surface area contributed by atoms with Crippen LogP contribution in [-0.2, 0) is 4.79 Å². The van der Waals surface area contributed by atoms with E-state index >= 15 is 0 Å². The molecular formula is C15H17ClN2O2. The summed E-state index contributed by atoms with van der Waals surface area (Å²) in [6, 6.07) is 7.40. The summed E-state index contributed by atoms with van der Waals surface area (Å²) in [5.74, 6) is 0.565. The third-order valence-electron chi connectivity index (χ3n) is 3.52. The van der Waals surface area contributed by atoms with Crippen LogP contribution in [-0.4, -0.2) is 18.1 Å². The van der Waals surface area contributed by atoms with Gasteiger partial charge in [0.25, 0.3) is 5.91 Å². The third-order valence-corrected chi connectivity index (χ3v) is 3.95. The lowest BCUT2D eigenvalue weighted by Crippen LogP contribution is -2.48. The zero-order chi connectivity index (χ0) is 14.8. The minimum absolute atomic E-state index is 0.106. The van der Waals surface area contributed by atoms with Gasteiger partial charge in [0.05, 0.1) is 6.07 Å². The quantitative estimate of drug-likeness (QED) is 0.908. The minimum Gasteiger partial charge on any atom is -0.484 e. The Hall–Kier alpha value is -1.73. The molecule has 0 saturated heterocycles. The van der Waals surface area contributed by atoms with Crippen LogP contribution in [0.1, 0.15) is 25.3 Å². The van der Waals surface area contributed by atoms with Crippen molar-refractivity contribution in [1.29, 1.82) is 5.26 Å². The van der Waals surface area contributed by atoms with E-state index in [0.717, 1.165) is 18.4 Å². The number of ether oxygens (including phenoxy) is 1. The molecule has 0 bridgehead atoms. The Morgan fingerprint density at radius 3 is 2.85 bits per heavy atom. The zero-order valence-corrected chi connectivity index (χ0v) is 12.3. The lowest BCUT2D eigenvalue weighted by Gasteiger charge is -2.22. The van der Waals surface area contributed by atoms with E-state index in [2.05, 4.69) is 11.4 Å². The van der Waals surface area contributed by atoms with Crippen molar-refractivity contribution < 1.29 is 9.53 Å². The summed E-state index contributed by atoms with van der Waals surface area (Å²) in [6.07, 6.45) is 1.98. The predicted molar refractivity (Wildman–Crippen MR) is 76.6 cm³/mol. The number of benzene rings is 1. The van der Waals surface area contributed by atoms with Gasteiger partial charge in [-0.05, 0) is 56.4 Å². The number of hydrogen-bond acceptors (Lipinski definition) is 3. The fourth-order valence-electron chi connectivity index (χ4n) is 2.06. The molecule has 1 amide bonds. The molecule has 1 fully saturated rings. The number of nitriles is 1. The van der Waals surface area contributed by atoms with Crippen LogP contribution in [0.25, 0.3) is 0 Å². The number of carbonyl (C=O) groups is 1. The van der Waals surface area contributed by atoms with Gasteiger partial charge in [0.2, 0.25) is 0 Å². The molecule has 0 spiro atoms. The Kier molecular flexibility index (Phi) is 4.20. The van der Waals surface area contributed by atoms with Crippen LogP contribution in [0.4, 0.5) is 0 Å². The van der Waals surface area contributed by atoms with E-state index in [1.807, 2.05) is 6.92 Å². The van der Waals surface area contributed by atoms with E-state index in [-0.39, 0.29) is 18.4 Å². The molecule has 0 aromatic heterocycles. The fraction of sp³-hybridized carbons (Fsp3) is 0.467. The van der Waals surface area contributed by atoms with Crippen LogP contribution >= 0.6 is 11.6 Å². The van der Waals surface area contributed by atoms with E-state index in [9.17, 15) is 10.1 Å². The highest BCUT2D eigenvalue weighted by atomic mass is 35.5. The van der Waals surface area contributed by atoms with E-state index < -0.39 is 5.54 Å². The standard InChI is InChI=1S/C15H17ClN2O2/c1-10-7-12(5-6-13(10)16)20-8-14(19)18-15(2,9-17)11-3-4-11/h5-7,11H,3-4,8H2,1-2H3,(H,18,19). The number of hydrogen-bond donors (Lipinski definition) is 1. The molecule has 0 aliphatic heterocycles. The zero-order valence-electron chi connectivity index (χ0n) is 11.6. The molecule has 2 rings (SSSR count). The van der Waals surface area contributed by atoms with Crippen molar-refractivity contribution >= 4 is 17.5 Å². The second-order valence-corrected chi connectivity index (χ2v) is 5.74. The molecule has 1 aromatic carbocycles. The Morgan fingerprint density at radius 2 is 2.30 bits per heavy atom. The van der Waals surface area contributed by atoms with Gasteiger partial charge in [0, 0.05) is 5.02 Å². The van der Waals surface area contributed by atoms with Gasteiger partial charge in [-0.3, -0.25) is 4.79 Å². The first kappa shape index (κ1) is 14.7. The number of aryl methyl sites for hydroxylation is 1. The van der Waals surface area contributed by atoms with Crippen molar-refractivity contribution in [3.63, 3.8) is 0 Å². The molecule has 20 heavy (non-hydrogen) atoms. The smallest absolute Gasteiger partial charge is 0.259 e. The van der Waals surface area contributed by atoms with Gasteiger partial charge in [-0.25, -0.2) is 0 Å². The Balaban J connectivity index is 1.89. The summed E-state index contributed by atoms with van der Waals surface area (Å²) in [6.45, 7) is 3.52. The average Bonchev–Trinajstić information content (AvgIpc) is 3.25. The van der Waals surface area contributed by atoms with Crippen LogP contribution in [0.15, 0.2) is 18.2 Å². The van der Waals surface area contributed by atoms with Gasteiger partial charge in [-0.2, -0.15) is 5.26 Å². The van der Waals surface area contributed by atoms with Gasteiger partial charge in [0.15, 0.2) is 6.61 Å². The molecule has 1 unspecified atom stereocenters. The fourth-order valence-corrected chi connectivity index (χ4v) is 2.18. The molecule has 1 aromatic rings. The number of rotatable bonds is 5. The van der Waals surface area contributed by atoms with Gasteiger partial charge >= 0.3 is 0 Å². The molecule has 0 heterocycles. The van der Waals surface area contributed by atoms with E-state index in [0.29, 0.717) is 10.8 Å². The molecular weight excluding hydrogens is 276 g/mol. The number of carbonyl (C=O) groups excluding carboxylic acids is 1. The van der Waals surface area contributed by atoms with E-state index in [4.69, 9.17) is 16.3 Å². The lowest BCUT2D eigenvalue weighted by atomic mass is 9.98.